The monoisotopic (exact) mass is 312 g/mol. The highest BCUT2D eigenvalue weighted by molar-refractivity contribution is 7.16. The maximum atomic E-state index is 4.12. The molecule has 116 valence electrons. The first-order valence-corrected chi connectivity index (χ1v) is 9.44. The summed E-state index contributed by atoms with van der Waals surface area (Å²) in [5.41, 5.74) is 2.70. The van der Waals surface area contributed by atoms with Crippen molar-refractivity contribution in [2.45, 2.75) is 38.5 Å². The predicted molar refractivity (Wildman–Crippen MR) is 94.7 cm³/mol. The fraction of sp³-hybridized carbons (Fsp3) is 0.579. The van der Waals surface area contributed by atoms with Crippen molar-refractivity contribution in [2.75, 3.05) is 6.16 Å². The summed E-state index contributed by atoms with van der Waals surface area (Å²) in [6.45, 7) is 0. The third-order valence-corrected chi connectivity index (χ3v) is 6.84. The van der Waals surface area contributed by atoms with Gasteiger partial charge in [0.1, 0.15) is 0 Å². The molecule has 0 radical (unpaired) electrons. The lowest BCUT2D eigenvalue weighted by atomic mass is 9.50. The molecule has 1 aromatic carbocycles. The van der Waals surface area contributed by atoms with Gasteiger partial charge in [0.2, 0.25) is 0 Å². The molecule has 22 heavy (non-hydrogen) atoms. The lowest BCUT2D eigenvalue weighted by molar-refractivity contribution is -0.0382. The zero-order valence-corrected chi connectivity index (χ0v) is 14.3. The number of rotatable bonds is 1. The van der Waals surface area contributed by atoms with Gasteiger partial charge in [0, 0.05) is 12.4 Å². The van der Waals surface area contributed by atoms with Crippen LogP contribution in [0.1, 0.15) is 38.5 Å². The van der Waals surface area contributed by atoms with Gasteiger partial charge in [0.05, 0.1) is 11.0 Å². The van der Waals surface area contributed by atoms with E-state index in [1.54, 1.807) is 50.9 Å². The van der Waals surface area contributed by atoms with E-state index < -0.39 is 0 Å². The van der Waals surface area contributed by atoms with Crippen LogP contribution >= 0.6 is 9.24 Å². The number of hydrogen-bond donors (Lipinski definition) is 0. The molecule has 0 aliphatic heterocycles. The molecule has 3 heteroatoms. The molecule has 0 N–H and O–H groups in total. The zero-order valence-electron chi connectivity index (χ0n) is 13.1. The van der Waals surface area contributed by atoms with Crippen LogP contribution in [0.2, 0.25) is 0 Å². The highest BCUT2D eigenvalue weighted by Gasteiger charge is 2.49. The SMILES string of the molecule is PCC12CC3CC(CC(C3)C1)C2.c1ccc2nccnc2c1. The molecule has 0 amide bonds. The molecule has 2 nitrogen and oxygen atoms in total. The zero-order chi connectivity index (χ0) is 15.0. The van der Waals surface area contributed by atoms with E-state index in [4.69, 9.17) is 0 Å². The highest BCUT2D eigenvalue weighted by atomic mass is 31.0. The van der Waals surface area contributed by atoms with Crippen LogP contribution in [-0.2, 0) is 0 Å². The molecule has 1 atom stereocenters. The molecule has 6 rings (SSSR count). The lowest BCUT2D eigenvalue weighted by Gasteiger charge is -2.56. The molecule has 0 saturated heterocycles. The van der Waals surface area contributed by atoms with Crippen LogP contribution in [0.25, 0.3) is 11.0 Å². The lowest BCUT2D eigenvalue weighted by Crippen LogP contribution is -2.46. The van der Waals surface area contributed by atoms with Crippen molar-refractivity contribution in [1.82, 2.24) is 9.97 Å². The van der Waals surface area contributed by atoms with Crippen molar-refractivity contribution in [2.24, 2.45) is 23.2 Å². The van der Waals surface area contributed by atoms with Crippen molar-refractivity contribution in [3.8, 4) is 0 Å². The normalized spacial score (nSPS) is 35.2. The van der Waals surface area contributed by atoms with E-state index >= 15 is 0 Å². The van der Waals surface area contributed by atoms with E-state index in [2.05, 4.69) is 19.2 Å². The maximum absolute atomic E-state index is 4.12. The van der Waals surface area contributed by atoms with Gasteiger partial charge in [-0.1, -0.05) is 12.1 Å². The molecule has 4 fully saturated rings. The number of hydrogen-bond acceptors (Lipinski definition) is 2. The largest absolute Gasteiger partial charge is 0.253 e. The average molecular weight is 312 g/mol. The molecule has 1 aromatic heterocycles. The minimum absolute atomic E-state index is 0.805. The minimum Gasteiger partial charge on any atom is -0.253 e. The standard InChI is InChI=1S/C11H19P.C8H6N2/c12-7-11-4-8-1-9(5-11)3-10(2-8)6-11;1-2-4-8-7(3-1)9-5-6-10-8/h8-10H,1-7,12H2;1-6H. The summed E-state index contributed by atoms with van der Waals surface area (Å²) in [5, 5.41) is 0. The Balaban J connectivity index is 0.000000116. The Morgan fingerprint density at radius 1 is 0.864 bits per heavy atom. The molecule has 4 saturated carbocycles. The van der Waals surface area contributed by atoms with E-state index in [0.29, 0.717) is 0 Å². The third-order valence-electron chi connectivity index (χ3n) is 5.97. The van der Waals surface area contributed by atoms with Gasteiger partial charge in [-0.25, -0.2) is 0 Å². The van der Waals surface area contributed by atoms with Gasteiger partial charge in [0.15, 0.2) is 0 Å². The second kappa shape index (κ2) is 5.89. The van der Waals surface area contributed by atoms with Gasteiger partial charge in [-0.2, -0.15) is 0 Å². The second-order valence-corrected chi connectivity index (χ2v) is 8.07. The van der Waals surface area contributed by atoms with Crippen molar-refractivity contribution < 1.29 is 0 Å². The topological polar surface area (TPSA) is 25.8 Å². The van der Waals surface area contributed by atoms with Gasteiger partial charge >= 0.3 is 0 Å². The summed E-state index contributed by atoms with van der Waals surface area (Å²) in [5.74, 6) is 3.41. The Labute approximate surface area is 135 Å². The average Bonchev–Trinajstić information content (AvgIpc) is 2.54. The molecule has 1 heterocycles. The quantitative estimate of drug-likeness (QED) is 0.713. The fourth-order valence-corrected chi connectivity index (χ4v) is 5.95. The number of fused-ring (bicyclic) bond motifs is 1. The first-order valence-electron chi connectivity index (χ1n) is 8.62. The van der Waals surface area contributed by atoms with Crippen LogP contribution in [0.5, 0.6) is 0 Å². The van der Waals surface area contributed by atoms with Crippen LogP contribution in [0.4, 0.5) is 0 Å². The first-order chi connectivity index (χ1) is 10.8. The smallest absolute Gasteiger partial charge is 0.0886 e. The minimum atomic E-state index is 0.805. The van der Waals surface area contributed by atoms with Crippen molar-refractivity contribution in [3.63, 3.8) is 0 Å². The Bertz CT molecular complexity index is 554. The third kappa shape index (κ3) is 2.78. The maximum Gasteiger partial charge on any atom is 0.0886 e. The molecule has 4 aliphatic rings. The highest BCUT2D eigenvalue weighted by Crippen LogP contribution is 2.60. The van der Waals surface area contributed by atoms with Crippen molar-refractivity contribution in [3.05, 3.63) is 36.7 Å². The summed E-state index contributed by atoms with van der Waals surface area (Å²) in [6, 6.07) is 7.80. The summed E-state index contributed by atoms with van der Waals surface area (Å²) in [4.78, 5) is 8.24. The van der Waals surface area contributed by atoms with Crippen LogP contribution in [-0.4, -0.2) is 16.1 Å². The molecule has 4 aliphatic carbocycles. The van der Waals surface area contributed by atoms with Crippen LogP contribution in [0, 0.1) is 23.2 Å². The number of nitrogens with zero attached hydrogens (tertiary/aromatic N) is 2. The Kier molecular flexibility index (Phi) is 3.90. The van der Waals surface area contributed by atoms with Crippen LogP contribution in [0.15, 0.2) is 36.7 Å². The van der Waals surface area contributed by atoms with Gasteiger partial charge in [0.25, 0.3) is 0 Å². The first kappa shape index (κ1) is 14.6. The van der Waals surface area contributed by atoms with Gasteiger partial charge in [-0.05, 0) is 80.0 Å². The summed E-state index contributed by atoms with van der Waals surface area (Å²) < 4.78 is 0. The molecule has 0 spiro atoms. The molecular formula is C19H25N2P. The van der Waals surface area contributed by atoms with Crippen LogP contribution < -0.4 is 0 Å². The van der Waals surface area contributed by atoms with Crippen LogP contribution in [0.3, 0.4) is 0 Å². The molecule has 1 unspecified atom stereocenters. The fourth-order valence-electron chi connectivity index (χ4n) is 5.45. The molecular weight excluding hydrogens is 287 g/mol. The summed E-state index contributed by atoms with van der Waals surface area (Å²) >= 11 is 0. The second-order valence-electron chi connectivity index (χ2n) is 7.67. The van der Waals surface area contributed by atoms with Gasteiger partial charge in [-0.15, -0.1) is 9.24 Å². The van der Waals surface area contributed by atoms with Crippen molar-refractivity contribution >= 4 is 20.3 Å². The summed E-state index contributed by atoms with van der Waals surface area (Å²) in [7, 11) is 3.01. The summed E-state index contributed by atoms with van der Waals surface area (Å²) in [6.07, 6.45) is 14.3. The van der Waals surface area contributed by atoms with E-state index in [-0.39, 0.29) is 0 Å². The Morgan fingerprint density at radius 2 is 1.32 bits per heavy atom. The Morgan fingerprint density at radius 3 is 1.73 bits per heavy atom. The van der Waals surface area contributed by atoms with E-state index in [0.717, 1.165) is 34.2 Å². The molecule has 2 aromatic rings. The number of para-hydroxylation sites is 2. The van der Waals surface area contributed by atoms with Crippen molar-refractivity contribution in [1.29, 1.82) is 0 Å². The number of benzene rings is 1. The van der Waals surface area contributed by atoms with Gasteiger partial charge < -0.3 is 0 Å². The molecule has 4 bridgehead atoms. The Hall–Kier alpha value is -1.01. The van der Waals surface area contributed by atoms with E-state index in [1.165, 1.54) is 6.16 Å². The predicted octanol–water partition coefficient (Wildman–Crippen LogP) is 4.71. The van der Waals surface area contributed by atoms with Gasteiger partial charge in [-0.3, -0.25) is 9.97 Å². The van der Waals surface area contributed by atoms with E-state index in [1.807, 2.05) is 24.3 Å². The number of aromatic nitrogens is 2. The van der Waals surface area contributed by atoms with E-state index in [9.17, 15) is 0 Å².